The summed E-state index contributed by atoms with van der Waals surface area (Å²) < 4.78 is 13.3. The van der Waals surface area contributed by atoms with Gasteiger partial charge in [0.15, 0.2) is 0 Å². The molecule has 0 N–H and O–H groups in total. The van der Waals surface area contributed by atoms with Gasteiger partial charge in [-0.25, -0.2) is 4.39 Å². The highest BCUT2D eigenvalue weighted by molar-refractivity contribution is 9.09. The highest BCUT2D eigenvalue weighted by Crippen LogP contribution is 2.19. The zero-order valence-corrected chi connectivity index (χ0v) is 11.1. The molecule has 0 saturated heterocycles. The first-order chi connectivity index (χ1) is 7.00. The van der Waals surface area contributed by atoms with E-state index in [4.69, 9.17) is 0 Å². The molecule has 0 spiro atoms. The number of alkyl halides is 1. The molecular weight excluding hydrogens is 255 g/mol. The minimum atomic E-state index is -0.0943. The van der Waals surface area contributed by atoms with Crippen LogP contribution in [0.5, 0.6) is 0 Å². The largest absolute Gasteiger partial charge is 0.207 e. The van der Waals surface area contributed by atoms with Gasteiger partial charge in [-0.15, -0.1) is 0 Å². The Labute approximate surface area is 100 Å². The molecule has 1 aromatic rings. The zero-order chi connectivity index (χ0) is 11.4. The van der Waals surface area contributed by atoms with Gasteiger partial charge in [0.25, 0.3) is 0 Å². The molecule has 2 heteroatoms. The van der Waals surface area contributed by atoms with E-state index in [2.05, 4.69) is 29.8 Å². The molecule has 0 nitrogen and oxygen atoms in total. The van der Waals surface area contributed by atoms with Crippen molar-refractivity contribution < 1.29 is 4.39 Å². The summed E-state index contributed by atoms with van der Waals surface area (Å²) >= 11 is 3.64. The molecule has 0 amide bonds. The molecule has 0 fully saturated rings. The van der Waals surface area contributed by atoms with Crippen molar-refractivity contribution in [3.63, 3.8) is 0 Å². The second kappa shape index (κ2) is 5.64. The summed E-state index contributed by atoms with van der Waals surface area (Å²) in [5.74, 6) is 0.531. The fourth-order valence-electron chi connectivity index (χ4n) is 1.43. The molecule has 0 radical (unpaired) electrons. The predicted octanol–water partition coefficient (Wildman–Crippen LogP) is 4.49. The Morgan fingerprint density at radius 1 is 1.33 bits per heavy atom. The van der Waals surface area contributed by atoms with E-state index in [0.717, 1.165) is 24.0 Å². The molecule has 1 rings (SSSR count). The molecule has 0 aromatic heterocycles. The molecule has 0 aliphatic rings. The van der Waals surface area contributed by atoms with Crippen molar-refractivity contribution in [2.24, 2.45) is 5.92 Å². The Balaban J connectivity index is 2.55. The topological polar surface area (TPSA) is 0 Å². The second-order valence-electron chi connectivity index (χ2n) is 4.38. The minimum absolute atomic E-state index is 0.0943. The fourth-order valence-corrected chi connectivity index (χ4v) is 1.66. The molecule has 0 saturated carbocycles. The maximum absolute atomic E-state index is 13.3. The van der Waals surface area contributed by atoms with Gasteiger partial charge in [0, 0.05) is 4.83 Å². The van der Waals surface area contributed by atoms with Gasteiger partial charge in [-0.05, 0) is 42.9 Å². The highest BCUT2D eigenvalue weighted by Gasteiger charge is 2.09. The summed E-state index contributed by atoms with van der Waals surface area (Å²) in [6.07, 6.45) is 1.99. The molecule has 0 aliphatic heterocycles. The molecule has 1 atom stereocenters. The lowest BCUT2D eigenvalue weighted by Gasteiger charge is -2.13. The Morgan fingerprint density at radius 2 is 2.00 bits per heavy atom. The van der Waals surface area contributed by atoms with Crippen molar-refractivity contribution in [3.05, 3.63) is 35.1 Å². The van der Waals surface area contributed by atoms with Crippen molar-refractivity contribution in [1.82, 2.24) is 0 Å². The molecule has 0 heterocycles. The van der Waals surface area contributed by atoms with Crippen LogP contribution < -0.4 is 0 Å². The van der Waals surface area contributed by atoms with E-state index < -0.39 is 0 Å². The zero-order valence-electron chi connectivity index (χ0n) is 9.56. The predicted molar refractivity (Wildman–Crippen MR) is 67.0 cm³/mol. The second-order valence-corrected chi connectivity index (χ2v) is 5.56. The van der Waals surface area contributed by atoms with Crippen molar-refractivity contribution in [1.29, 1.82) is 0 Å². The first-order valence-electron chi connectivity index (χ1n) is 5.40. The van der Waals surface area contributed by atoms with E-state index in [9.17, 15) is 4.39 Å². The van der Waals surface area contributed by atoms with Gasteiger partial charge in [-0.1, -0.05) is 41.9 Å². The number of hydrogen-bond donors (Lipinski definition) is 0. The molecule has 0 aliphatic carbocycles. The quantitative estimate of drug-likeness (QED) is 0.709. The van der Waals surface area contributed by atoms with Gasteiger partial charge in [0.05, 0.1) is 0 Å². The average molecular weight is 273 g/mol. The van der Waals surface area contributed by atoms with Crippen LogP contribution in [0.2, 0.25) is 0 Å². The van der Waals surface area contributed by atoms with Crippen molar-refractivity contribution in [2.75, 3.05) is 0 Å². The number of halogens is 2. The summed E-state index contributed by atoms with van der Waals surface area (Å²) in [5.41, 5.74) is 1.81. The number of rotatable bonds is 4. The lowest BCUT2D eigenvalue weighted by Crippen LogP contribution is -2.08. The first-order valence-corrected chi connectivity index (χ1v) is 6.31. The van der Waals surface area contributed by atoms with Gasteiger partial charge in [-0.3, -0.25) is 0 Å². The molecular formula is C13H18BrF. The van der Waals surface area contributed by atoms with E-state index in [1.807, 2.05) is 12.1 Å². The van der Waals surface area contributed by atoms with Crippen LogP contribution in [0.15, 0.2) is 18.2 Å². The third-order valence-electron chi connectivity index (χ3n) is 2.67. The van der Waals surface area contributed by atoms with Crippen molar-refractivity contribution >= 4 is 15.9 Å². The van der Waals surface area contributed by atoms with E-state index in [0.29, 0.717) is 10.7 Å². The monoisotopic (exact) mass is 272 g/mol. The number of aryl methyl sites for hydroxylation is 2. The average Bonchev–Trinajstić information content (AvgIpc) is 2.19. The smallest absolute Gasteiger partial charge is 0.126 e. The first kappa shape index (κ1) is 12.7. The SMILES string of the molecule is Cc1ccc(CCC(Br)C(C)C)cc1F. The summed E-state index contributed by atoms with van der Waals surface area (Å²) in [7, 11) is 0. The summed E-state index contributed by atoms with van der Waals surface area (Å²) in [6.45, 7) is 6.17. The Bertz CT molecular complexity index is 320. The van der Waals surface area contributed by atoms with Crippen LogP contribution in [-0.4, -0.2) is 4.83 Å². The minimum Gasteiger partial charge on any atom is -0.207 e. The molecule has 1 unspecified atom stereocenters. The van der Waals surface area contributed by atoms with Gasteiger partial charge in [-0.2, -0.15) is 0 Å². The summed E-state index contributed by atoms with van der Waals surface area (Å²) in [6, 6.07) is 5.51. The van der Waals surface area contributed by atoms with E-state index in [1.165, 1.54) is 0 Å². The Morgan fingerprint density at radius 3 is 2.53 bits per heavy atom. The van der Waals surface area contributed by atoms with Crippen molar-refractivity contribution in [3.8, 4) is 0 Å². The summed E-state index contributed by atoms with van der Waals surface area (Å²) in [4.78, 5) is 0.516. The van der Waals surface area contributed by atoms with Crippen LogP contribution in [0.25, 0.3) is 0 Å². The standard InChI is InChI=1S/C13H18BrF/c1-9(2)12(14)7-6-11-5-4-10(3)13(15)8-11/h4-5,8-9,12H,6-7H2,1-3H3. The molecule has 15 heavy (non-hydrogen) atoms. The number of benzene rings is 1. The molecule has 0 bridgehead atoms. The number of hydrogen-bond acceptors (Lipinski definition) is 0. The van der Waals surface area contributed by atoms with Crippen molar-refractivity contribution in [2.45, 2.75) is 38.4 Å². The molecule has 1 aromatic carbocycles. The summed E-state index contributed by atoms with van der Waals surface area (Å²) in [5, 5.41) is 0. The van der Waals surface area contributed by atoms with E-state index >= 15 is 0 Å². The van der Waals surface area contributed by atoms with Crippen LogP contribution in [0.4, 0.5) is 4.39 Å². The van der Waals surface area contributed by atoms with Crippen LogP contribution >= 0.6 is 15.9 Å². The Kier molecular flexibility index (Phi) is 4.78. The fraction of sp³-hybridized carbons (Fsp3) is 0.538. The third-order valence-corrected chi connectivity index (χ3v) is 4.18. The third kappa shape index (κ3) is 3.94. The van der Waals surface area contributed by atoms with Gasteiger partial charge in [0.1, 0.15) is 5.82 Å². The normalized spacial score (nSPS) is 13.2. The van der Waals surface area contributed by atoms with E-state index in [1.54, 1.807) is 13.0 Å². The van der Waals surface area contributed by atoms with Gasteiger partial charge >= 0.3 is 0 Å². The van der Waals surface area contributed by atoms with Crippen LogP contribution in [0.1, 0.15) is 31.4 Å². The Hall–Kier alpha value is -0.370. The van der Waals surface area contributed by atoms with E-state index in [-0.39, 0.29) is 5.82 Å². The van der Waals surface area contributed by atoms with Gasteiger partial charge in [0.2, 0.25) is 0 Å². The van der Waals surface area contributed by atoms with Crippen LogP contribution in [-0.2, 0) is 6.42 Å². The maximum Gasteiger partial charge on any atom is 0.126 e. The lowest BCUT2D eigenvalue weighted by atomic mass is 10.0. The molecule has 84 valence electrons. The van der Waals surface area contributed by atoms with Crippen LogP contribution in [0.3, 0.4) is 0 Å². The van der Waals surface area contributed by atoms with Crippen LogP contribution in [0, 0.1) is 18.7 Å². The highest BCUT2D eigenvalue weighted by atomic mass is 79.9. The maximum atomic E-state index is 13.3. The lowest BCUT2D eigenvalue weighted by molar-refractivity contribution is 0.578. The van der Waals surface area contributed by atoms with Gasteiger partial charge < -0.3 is 0 Å².